The highest BCUT2D eigenvalue weighted by Gasteiger charge is 2.37. The van der Waals surface area contributed by atoms with Crippen molar-refractivity contribution in [2.24, 2.45) is 4.99 Å². The largest absolute Gasteiger partial charge is 0.290 e. The molecule has 14 heavy (non-hydrogen) atoms. The van der Waals surface area contributed by atoms with Crippen LogP contribution < -0.4 is 0 Å². The van der Waals surface area contributed by atoms with Gasteiger partial charge in [-0.25, -0.2) is 0 Å². The van der Waals surface area contributed by atoms with E-state index in [0.29, 0.717) is 6.04 Å². The highest BCUT2D eigenvalue weighted by atomic mass is 32.4. The molecular formula is C11H21NSSi. The minimum atomic E-state index is -0.920. The molecule has 80 valence electrons. The van der Waals surface area contributed by atoms with Gasteiger partial charge in [0.05, 0.1) is 0 Å². The van der Waals surface area contributed by atoms with Crippen molar-refractivity contribution in [3.8, 4) is 0 Å². The van der Waals surface area contributed by atoms with Gasteiger partial charge < -0.3 is 0 Å². The van der Waals surface area contributed by atoms with Gasteiger partial charge in [0.2, 0.25) is 0 Å². The Labute approximate surface area is 92.4 Å². The van der Waals surface area contributed by atoms with Crippen LogP contribution in [0.1, 0.15) is 32.1 Å². The van der Waals surface area contributed by atoms with Crippen molar-refractivity contribution < 1.29 is 0 Å². The van der Waals surface area contributed by atoms with Crippen LogP contribution in [0.25, 0.3) is 0 Å². The van der Waals surface area contributed by atoms with Gasteiger partial charge in [-0.05, 0) is 12.8 Å². The predicted molar refractivity (Wildman–Crippen MR) is 69.0 cm³/mol. The van der Waals surface area contributed by atoms with Crippen LogP contribution in [-0.4, -0.2) is 24.2 Å². The van der Waals surface area contributed by atoms with E-state index >= 15 is 0 Å². The fourth-order valence-electron chi connectivity index (χ4n) is 2.07. The molecule has 0 aliphatic heterocycles. The molecule has 2 saturated carbocycles. The third-order valence-electron chi connectivity index (χ3n) is 2.77. The fraction of sp³-hybridized carbons (Fsp3) is 0.909. The first-order valence-corrected chi connectivity index (χ1v) is 10.9. The molecule has 2 fully saturated rings. The number of aliphatic imine (C=N–C) groups is 1. The third-order valence-corrected chi connectivity index (χ3v) is 7.18. The lowest BCUT2D eigenvalue weighted by atomic mass is 10.3. The van der Waals surface area contributed by atoms with E-state index in [9.17, 15) is 0 Å². The molecule has 2 aliphatic carbocycles. The third kappa shape index (κ3) is 3.12. The van der Waals surface area contributed by atoms with Crippen LogP contribution in [-0.2, 0) is 0 Å². The predicted octanol–water partition coefficient (Wildman–Crippen LogP) is 3.71. The summed E-state index contributed by atoms with van der Waals surface area (Å²) in [6, 6.07) is 0.706. The molecule has 0 N–H and O–H groups in total. The monoisotopic (exact) mass is 227 g/mol. The molecule has 0 amide bonds. The van der Waals surface area contributed by atoms with Gasteiger partial charge in [0, 0.05) is 23.4 Å². The average molecular weight is 227 g/mol. The molecule has 0 saturated heterocycles. The molecule has 0 spiro atoms. The van der Waals surface area contributed by atoms with Gasteiger partial charge in [0.25, 0.3) is 0 Å². The molecule has 0 aromatic rings. The van der Waals surface area contributed by atoms with Crippen molar-refractivity contribution in [1.29, 1.82) is 0 Å². The van der Waals surface area contributed by atoms with Crippen LogP contribution in [0.2, 0.25) is 19.6 Å². The average Bonchev–Trinajstić information content (AvgIpc) is 2.60. The normalized spacial score (nSPS) is 31.4. The standard InChI is InChI=1S/C11H21NSSi/c1-14(2,3)13-11-8-10(11)12-9-6-4-5-7-9/h9,11H,4-8H2,1-3H3/b12-10-. The Balaban J connectivity index is 1.80. The molecule has 3 heteroatoms. The van der Waals surface area contributed by atoms with Gasteiger partial charge in [-0.2, -0.15) is 11.2 Å². The number of hydrogen-bond donors (Lipinski definition) is 0. The number of hydrogen-bond acceptors (Lipinski definition) is 2. The molecule has 0 aromatic carbocycles. The van der Waals surface area contributed by atoms with E-state index in [1.165, 1.54) is 37.8 Å². The summed E-state index contributed by atoms with van der Waals surface area (Å²) in [6.45, 7) is 7.30. The van der Waals surface area contributed by atoms with Crippen molar-refractivity contribution in [2.45, 2.75) is 63.0 Å². The van der Waals surface area contributed by atoms with Crippen molar-refractivity contribution in [2.75, 3.05) is 0 Å². The number of rotatable bonds is 3. The van der Waals surface area contributed by atoms with Gasteiger partial charge in [0.1, 0.15) is 7.22 Å². The minimum absolute atomic E-state index is 0.706. The van der Waals surface area contributed by atoms with Crippen LogP contribution in [0.15, 0.2) is 4.99 Å². The van der Waals surface area contributed by atoms with Crippen LogP contribution in [0.5, 0.6) is 0 Å². The Morgan fingerprint density at radius 1 is 1.21 bits per heavy atom. The summed E-state index contributed by atoms with van der Waals surface area (Å²) in [6.07, 6.45) is 6.83. The molecule has 1 unspecified atom stereocenters. The minimum Gasteiger partial charge on any atom is -0.290 e. The van der Waals surface area contributed by atoms with Gasteiger partial charge in [-0.3, -0.25) is 4.99 Å². The molecule has 0 heterocycles. The fourth-order valence-corrected chi connectivity index (χ4v) is 6.59. The van der Waals surface area contributed by atoms with E-state index in [0.717, 1.165) is 5.25 Å². The first kappa shape index (κ1) is 10.7. The summed E-state index contributed by atoms with van der Waals surface area (Å²) in [5, 5.41) is 0.822. The maximum Gasteiger partial charge on any atom is 0.109 e. The van der Waals surface area contributed by atoms with Crippen molar-refractivity contribution in [3.05, 3.63) is 0 Å². The van der Waals surface area contributed by atoms with Crippen molar-refractivity contribution in [1.82, 2.24) is 0 Å². The Hall–Kier alpha value is 0.237. The van der Waals surface area contributed by atoms with E-state index in [1.807, 2.05) is 0 Å². The highest BCUT2D eigenvalue weighted by Crippen LogP contribution is 2.39. The molecule has 0 radical (unpaired) electrons. The Morgan fingerprint density at radius 2 is 1.86 bits per heavy atom. The van der Waals surface area contributed by atoms with Crippen LogP contribution >= 0.6 is 11.2 Å². The molecule has 0 aromatic heterocycles. The first-order valence-electron chi connectivity index (χ1n) is 5.79. The quantitative estimate of drug-likeness (QED) is 0.670. The zero-order valence-corrected chi connectivity index (χ0v) is 11.4. The summed E-state index contributed by atoms with van der Waals surface area (Å²) >= 11 is 2.22. The van der Waals surface area contributed by atoms with E-state index < -0.39 is 7.22 Å². The molecule has 2 aliphatic rings. The van der Waals surface area contributed by atoms with E-state index in [1.54, 1.807) is 0 Å². The van der Waals surface area contributed by atoms with E-state index in [4.69, 9.17) is 4.99 Å². The molecule has 1 atom stereocenters. The number of nitrogens with zero attached hydrogens (tertiary/aromatic N) is 1. The second-order valence-corrected chi connectivity index (χ2v) is 14.9. The van der Waals surface area contributed by atoms with Crippen molar-refractivity contribution >= 4 is 24.1 Å². The molecule has 0 bridgehead atoms. The van der Waals surface area contributed by atoms with Crippen LogP contribution in [0, 0.1) is 0 Å². The molecular weight excluding hydrogens is 206 g/mol. The lowest BCUT2D eigenvalue weighted by Gasteiger charge is -2.13. The first-order chi connectivity index (χ1) is 6.54. The van der Waals surface area contributed by atoms with Crippen LogP contribution in [0.4, 0.5) is 0 Å². The van der Waals surface area contributed by atoms with E-state index in [-0.39, 0.29) is 0 Å². The second-order valence-electron chi connectivity index (χ2n) is 5.48. The Morgan fingerprint density at radius 3 is 2.43 bits per heavy atom. The summed E-state index contributed by atoms with van der Waals surface area (Å²) < 4.78 is 0. The summed E-state index contributed by atoms with van der Waals surface area (Å²) in [4.78, 5) is 4.87. The van der Waals surface area contributed by atoms with E-state index in [2.05, 4.69) is 30.9 Å². The molecule has 1 nitrogen and oxygen atoms in total. The summed E-state index contributed by atoms with van der Waals surface area (Å²) in [5.74, 6) is 0. The zero-order valence-electron chi connectivity index (χ0n) is 9.55. The summed E-state index contributed by atoms with van der Waals surface area (Å²) in [5.41, 5.74) is 1.53. The maximum absolute atomic E-state index is 4.87. The van der Waals surface area contributed by atoms with Gasteiger partial charge in [-0.1, -0.05) is 32.5 Å². The molecule has 2 rings (SSSR count). The Bertz CT molecular complexity index is 238. The highest BCUT2D eigenvalue weighted by molar-refractivity contribution is 8.29. The summed E-state index contributed by atoms with van der Waals surface area (Å²) in [7, 11) is -0.920. The lowest BCUT2D eigenvalue weighted by Crippen LogP contribution is -2.15. The van der Waals surface area contributed by atoms with Crippen molar-refractivity contribution in [3.63, 3.8) is 0 Å². The van der Waals surface area contributed by atoms with Gasteiger partial charge >= 0.3 is 0 Å². The zero-order chi connectivity index (χ0) is 10.2. The SMILES string of the molecule is C[Si](C)(C)SC1C/C1=N/C1CCCC1. The Kier molecular flexibility index (Phi) is 3.08. The van der Waals surface area contributed by atoms with Crippen LogP contribution in [0.3, 0.4) is 0 Å². The topological polar surface area (TPSA) is 12.4 Å². The second kappa shape index (κ2) is 4.01. The van der Waals surface area contributed by atoms with Gasteiger partial charge in [-0.15, -0.1) is 0 Å². The smallest absolute Gasteiger partial charge is 0.109 e. The van der Waals surface area contributed by atoms with Gasteiger partial charge in [0.15, 0.2) is 0 Å². The maximum atomic E-state index is 4.87. The lowest BCUT2D eigenvalue weighted by molar-refractivity contribution is 0.709.